The maximum absolute atomic E-state index is 13.2. The summed E-state index contributed by atoms with van der Waals surface area (Å²) < 4.78 is 18.6. The first-order valence-corrected chi connectivity index (χ1v) is 4.98. The minimum atomic E-state index is -0.287. The van der Waals surface area contributed by atoms with Gasteiger partial charge >= 0.3 is 0 Å². The average molecular weight is 218 g/mol. The van der Waals surface area contributed by atoms with Crippen LogP contribution in [0.15, 0.2) is 35.0 Å². The van der Waals surface area contributed by atoms with E-state index in [0.29, 0.717) is 18.0 Å². The van der Waals surface area contributed by atoms with E-state index in [1.165, 1.54) is 12.1 Å². The van der Waals surface area contributed by atoms with Crippen molar-refractivity contribution in [2.75, 3.05) is 6.67 Å². The van der Waals surface area contributed by atoms with Crippen LogP contribution in [0.25, 0.3) is 0 Å². The first kappa shape index (κ1) is 8.43. The Balaban J connectivity index is 1.91. The predicted octanol–water partition coefficient (Wildman–Crippen LogP) is 1.44. The molecule has 0 bridgehead atoms. The van der Waals surface area contributed by atoms with Crippen LogP contribution in [-0.4, -0.2) is 23.7 Å². The maximum Gasteiger partial charge on any atom is 0.187 e. The Morgan fingerprint density at radius 1 is 1.44 bits per heavy atom. The summed E-state index contributed by atoms with van der Waals surface area (Å²) >= 11 is 0. The normalized spacial score (nSPS) is 29.1. The van der Waals surface area contributed by atoms with Gasteiger partial charge in [-0.1, -0.05) is 0 Å². The van der Waals surface area contributed by atoms with Crippen LogP contribution in [0.4, 0.5) is 4.39 Å². The zero-order valence-electron chi connectivity index (χ0n) is 8.18. The molecule has 2 unspecified atom stereocenters. The van der Waals surface area contributed by atoms with Gasteiger partial charge in [0.15, 0.2) is 6.23 Å². The highest BCUT2D eigenvalue weighted by molar-refractivity contribution is 6.16. The number of nitrogens with zero attached hydrogens (tertiary/aromatic N) is 2. The molecule has 3 aliphatic heterocycles. The molecule has 4 nitrogen and oxygen atoms in total. The highest BCUT2D eigenvalue weighted by Gasteiger charge is 2.46. The number of hydroxylamine groups is 2. The van der Waals surface area contributed by atoms with E-state index in [4.69, 9.17) is 9.57 Å². The summed E-state index contributed by atoms with van der Waals surface area (Å²) in [4.78, 5) is 9.63. The predicted molar refractivity (Wildman–Crippen MR) is 53.2 cm³/mol. The standard InChI is InChI=1S/C11H7FN2O2/c12-6-1-2-9-7(3-6)10-8(4-15-9)11-14(16-11)5-13-10/h1-4,11H,5H2. The smallest absolute Gasteiger partial charge is 0.187 e. The fourth-order valence-electron chi connectivity index (χ4n) is 2.04. The summed E-state index contributed by atoms with van der Waals surface area (Å²) in [7, 11) is 0. The van der Waals surface area contributed by atoms with Crippen molar-refractivity contribution in [2.45, 2.75) is 6.23 Å². The number of rotatable bonds is 0. The molecule has 0 N–H and O–H groups in total. The lowest BCUT2D eigenvalue weighted by molar-refractivity contribution is 0.206. The van der Waals surface area contributed by atoms with Gasteiger partial charge in [-0.2, -0.15) is 0 Å². The third kappa shape index (κ3) is 1.01. The van der Waals surface area contributed by atoms with Crippen molar-refractivity contribution >= 4 is 5.71 Å². The third-order valence-electron chi connectivity index (χ3n) is 2.87. The number of aliphatic imine (C=N–C) groups is 1. The van der Waals surface area contributed by atoms with Crippen molar-refractivity contribution in [1.82, 2.24) is 5.06 Å². The maximum atomic E-state index is 13.2. The molecular formula is C11H7FN2O2. The molecule has 0 spiro atoms. The van der Waals surface area contributed by atoms with Crippen LogP contribution in [0.1, 0.15) is 5.56 Å². The molecule has 1 fully saturated rings. The van der Waals surface area contributed by atoms with Gasteiger partial charge in [0, 0.05) is 5.56 Å². The quantitative estimate of drug-likeness (QED) is 0.618. The average Bonchev–Trinajstić information content (AvgIpc) is 3.07. The molecule has 0 aliphatic carbocycles. The van der Waals surface area contributed by atoms with Gasteiger partial charge in [0.05, 0.1) is 11.3 Å². The zero-order valence-corrected chi connectivity index (χ0v) is 8.18. The van der Waals surface area contributed by atoms with Crippen LogP contribution in [0.2, 0.25) is 0 Å². The lowest BCUT2D eigenvalue weighted by Gasteiger charge is -2.20. The molecule has 16 heavy (non-hydrogen) atoms. The fourth-order valence-corrected chi connectivity index (χ4v) is 2.04. The molecule has 0 aromatic heterocycles. The Hall–Kier alpha value is -1.72. The van der Waals surface area contributed by atoms with Crippen molar-refractivity contribution in [3.63, 3.8) is 0 Å². The Kier molecular flexibility index (Phi) is 1.42. The molecule has 4 rings (SSSR count). The van der Waals surface area contributed by atoms with Crippen LogP contribution in [-0.2, 0) is 4.84 Å². The van der Waals surface area contributed by atoms with Crippen LogP contribution in [0.3, 0.4) is 0 Å². The molecule has 0 saturated carbocycles. The van der Waals surface area contributed by atoms with E-state index in [1.807, 2.05) is 0 Å². The second-order valence-corrected chi connectivity index (χ2v) is 3.85. The summed E-state index contributed by atoms with van der Waals surface area (Å²) in [6.45, 7) is 0.493. The Morgan fingerprint density at radius 3 is 3.31 bits per heavy atom. The second kappa shape index (κ2) is 2.69. The summed E-state index contributed by atoms with van der Waals surface area (Å²) in [6.07, 6.45) is 1.56. The lowest BCUT2D eigenvalue weighted by atomic mass is 9.99. The molecule has 3 aliphatic rings. The molecule has 1 saturated heterocycles. The van der Waals surface area contributed by atoms with Crippen molar-refractivity contribution in [3.05, 3.63) is 41.4 Å². The fraction of sp³-hybridized carbons (Fsp3) is 0.182. The highest BCUT2D eigenvalue weighted by atomic mass is 19.1. The lowest BCUT2D eigenvalue weighted by Crippen LogP contribution is -2.24. The van der Waals surface area contributed by atoms with Crippen LogP contribution >= 0.6 is 0 Å². The zero-order chi connectivity index (χ0) is 10.7. The van der Waals surface area contributed by atoms with Crippen LogP contribution < -0.4 is 4.74 Å². The van der Waals surface area contributed by atoms with Gasteiger partial charge in [-0.3, -0.25) is 9.83 Å². The molecule has 1 aromatic rings. The molecule has 3 heterocycles. The molecule has 80 valence electrons. The van der Waals surface area contributed by atoms with Gasteiger partial charge in [-0.15, -0.1) is 5.06 Å². The van der Waals surface area contributed by atoms with E-state index < -0.39 is 0 Å². The number of hydrogen-bond acceptors (Lipinski definition) is 4. The van der Waals surface area contributed by atoms with Gasteiger partial charge in [0.25, 0.3) is 0 Å². The number of halogens is 1. The molecule has 0 amide bonds. The summed E-state index contributed by atoms with van der Waals surface area (Å²) in [5.74, 6) is 0.350. The number of fused-ring (bicyclic) bond motifs is 5. The summed E-state index contributed by atoms with van der Waals surface area (Å²) in [5, 5.41) is 1.74. The largest absolute Gasteiger partial charge is 0.464 e. The van der Waals surface area contributed by atoms with Crippen LogP contribution in [0, 0.1) is 5.82 Å². The topological polar surface area (TPSA) is 37.1 Å². The third-order valence-corrected chi connectivity index (χ3v) is 2.87. The van der Waals surface area contributed by atoms with Crippen molar-refractivity contribution < 1.29 is 14.0 Å². The Labute approximate surface area is 90.6 Å². The van der Waals surface area contributed by atoms with E-state index in [2.05, 4.69) is 4.99 Å². The first-order valence-electron chi connectivity index (χ1n) is 4.98. The van der Waals surface area contributed by atoms with Gasteiger partial charge < -0.3 is 4.74 Å². The van der Waals surface area contributed by atoms with Gasteiger partial charge in [-0.05, 0) is 18.2 Å². The monoisotopic (exact) mass is 218 g/mol. The minimum Gasteiger partial charge on any atom is -0.464 e. The Bertz CT molecular complexity index is 553. The number of hydrogen-bond donors (Lipinski definition) is 0. The first-order chi connectivity index (χ1) is 7.83. The molecule has 1 aromatic carbocycles. The van der Waals surface area contributed by atoms with Gasteiger partial charge in [-0.25, -0.2) is 4.39 Å². The van der Waals surface area contributed by atoms with Crippen LogP contribution in [0.5, 0.6) is 5.75 Å². The Morgan fingerprint density at radius 2 is 2.38 bits per heavy atom. The minimum absolute atomic E-state index is 0.0658. The summed E-state index contributed by atoms with van der Waals surface area (Å²) in [5.41, 5.74) is 2.34. The van der Waals surface area contributed by atoms with E-state index >= 15 is 0 Å². The second-order valence-electron chi connectivity index (χ2n) is 3.85. The number of ether oxygens (including phenoxy) is 1. The summed E-state index contributed by atoms with van der Waals surface area (Å²) in [6, 6.07) is 4.43. The molecule has 2 atom stereocenters. The SMILES string of the molecule is Fc1ccc2c(c1)C1=NCN3OC3C1=CO2. The van der Waals surface area contributed by atoms with Crippen molar-refractivity contribution in [2.24, 2.45) is 4.99 Å². The molecule has 5 heteroatoms. The molecular weight excluding hydrogens is 211 g/mol. The highest BCUT2D eigenvalue weighted by Crippen LogP contribution is 2.38. The number of benzene rings is 1. The van der Waals surface area contributed by atoms with Gasteiger partial charge in [0.2, 0.25) is 0 Å². The molecule has 0 radical (unpaired) electrons. The van der Waals surface area contributed by atoms with E-state index in [-0.39, 0.29) is 12.0 Å². The van der Waals surface area contributed by atoms with E-state index in [1.54, 1.807) is 17.4 Å². The van der Waals surface area contributed by atoms with Crippen molar-refractivity contribution in [1.29, 1.82) is 0 Å². The van der Waals surface area contributed by atoms with Crippen molar-refractivity contribution in [3.8, 4) is 5.75 Å². The van der Waals surface area contributed by atoms with E-state index in [9.17, 15) is 4.39 Å². The van der Waals surface area contributed by atoms with Gasteiger partial charge in [0.1, 0.15) is 24.5 Å². The van der Waals surface area contributed by atoms with E-state index in [0.717, 1.165) is 11.3 Å².